The number of piperidine rings is 1. The van der Waals surface area contributed by atoms with Crippen molar-refractivity contribution in [2.45, 2.75) is 65.0 Å². The first kappa shape index (κ1) is 22.2. The summed E-state index contributed by atoms with van der Waals surface area (Å²) in [4.78, 5) is 14.6. The fraction of sp³-hybridized carbons (Fsp3) is 0.750. The van der Waals surface area contributed by atoms with Crippen LogP contribution in [0.3, 0.4) is 0 Å². The van der Waals surface area contributed by atoms with E-state index in [1.54, 1.807) is 0 Å². The number of hydrogen-bond acceptors (Lipinski definition) is 3. The molecular weight excluding hydrogens is 335 g/mol. The van der Waals surface area contributed by atoms with Crippen LogP contribution < -0.4 is 5.73 Å². The van der Waals surface area contributed by atoms with Gasteiger partial charge in [-0.25, -0.2) is 0 Å². The molecule has 2 atom stereocenters. The van der Waals surface area contributed by atoms with Gasteiger partial charge in [0.05, 0.1) is 5.69 Å². The van der Waals surface area contributed by atoms with Crippen molar-refractivity contribution in [3.63, 3.8) is 0 Å². The van der Waals surface area contributed by atoms with Crippen LogP contribution in [0.2, 0.25) is 0 Å². The molecule has 1 aromatic heterocycles. The van der Waals surface area contributed by atoms with Gasteiger partial charge in [-0.05, 0) is 52.0 Å². The van der Waals surface area contributed by atoms with E-state index >= 15 is 0 Å². The second-order valence-electron chi connectivity index (χ2n) is 6.28. The van der Waals surface area contributed by atoms with Crippen LogP contribution in [-0.2, 0) is 18.3 Å². The van der Waals surface area contributed by atoms with Gasteiger partial charge in [-0.3, -0.25) is 9.48 Å². The normalized spacial score (nSPS) is 18.8. The number of carbonyl (C=O) groups is 1. The number of carbonyl (C=O) groups excluding carboxylic acids is 1. The van der Waals surface area contributed by atoms with Gasteiger partial charge in [0.25, 0.3) is 0 Å². The number of nitrogens with two attached hydrogens (primary N) is 1. The Balaban J connectivity index is 0.00000242. The van der Waals surface area contributed by atoms with Gasteiger partial charge in [0.15, 0.2) is 0 Å². The Labute approximate surface area is 151 Å². The first-order valence-corrected chi connectivity index (χ1v) is 7.96. The summed E-state index contributed by atoms with van der Waals surface area (Å²) < 4.78 is 1.89. The average molecular weight is 365 g/mol. The van der Waals surface area contributed by atoms with Gasteiger partial charge in [0.1, 0.15) is 0 Å². The Bertz CT molecular complexity index is 516. The van der Waals surface area contributed by atoms with Gasteiger partial charge in [0.2, 0.25) is 5.91 Å². The number of aromatic nitrogens is 2. The highest BCUT2D eigenvalue weighted by atomic mass is 35.5. The molecule has 0 aliphatic carbocycles. The van der Waals surface area contributed by atoms with E-state index in [0.29, 0.717) is 6.42 Å². The predicted molar refractivity (Wildman–Crippen MR) is 98.5 cm³/mol. The maximum Gasteiger partial charge on any atom is 0.223 e. The molecule has 7 heteroatoms. The Morgan fingerprint density at radius 2 is 2.00 bits per heavy atom. The quantitative estimate of drug-likeness (QED) is 0.892. The van der Waals surface area contributed by atoms with E-state index in [0.717, 1.165) is 37.2 Å². The summed E-state index contributed by atoms with van der Waals surface area (Å²) in [5, 5.41) is 4.42. The molecule has 1 fully saturated rings. The lowest BCUT2D eigenvalue weighted by Crippen LogP contribution is -2.51. The molecule has 5 nitrogen and oxygen atoms in total. The van der Waals surface area contributed by atoms with Gasteiger partial charge in [-0.1, -0.05) is 0 Å². The highest BCUT2D eigenvalue weighted by Crippen LogP contribution is 2.21. The van der Waals surface area contributed by atoms with Crippen LogP contribution in [-0.4, -0.2) is 39.2 Å². The van der Waals surface area contributed by atoms with Crippen molar-refractivity contribution >= 4 is 30.7 Å². The average Bonchev–Trinajstić information content (AvgIpc) is 2.70. The minimum absolute atomic E-state index is 0. The molecule has 134 valence electrons. The number of nitrogens with zero attached hydrogens (tertiary/aromatic N) is 3. The van der Waals surface area contributed by atoms with Gasteiger partial charge in [0, 0.05) is 37.8 Å². The lowest BCUT2D eigenvalue weighted by Gasteiger charge is -2.38. The van der Waals surface area contributed by atoms with Crippen molar-refractivity contribution in [1.29, 1.82) is 0 Å². The molecule has 2 N–H and O–H groups in total. The molecule has 1 aliphatic heterocycles. The van der Waals surface area contributed by atoms with Crippen LogP contribution in [0.25, 0.3) is 0 Å². The number of rotatable bonds is 4. The van der Waals surface area contributed by atoms with Gasteiger partial charge in [-0.15, -0.1) is 24.8 Å². The number of aryl methyl sites for hydroxylation is 2. The highest BCUT2D eigenvalue weighted by molar-refractivity contribution is 5.85. The van der Waals surface area contributed by atoms with E-state index in [1.165, 1.54) is 12.0 Å². The Morgan fingerprint density at radius 1 is 1.35 bits per heavy atom. The summed E-state index contributed by atoms with van der Waals surface area (Å²) in [6.07, 6.45) is 4.63. The van der Waals surface area contributed by atoms with E-state index in [4.69, 9.17) is 5.73 Å². The molecule has 1 aliphatic rings. The fourth-order valence-corrected chi connectivity index (χ4v) is 3.37. The Morgan fingerprint density at radius 3 is 2.52 bits per heavy atom. The summed E-state index contributed by atoms with van der Waals surface area (Å²) in [7, 11) is 1.95. The molecule has 2 heterocycles. The topological polar surface area (TPSA) is 64.2 Å². The zero-order valence-electron chi connectivity index (χ0n) is 14.5. The highest BCUT2D eigenvalue weighted by Gasteiger charge is 2.29. The maximum absolute atomic E-state index is 12.6. The lowest BCUT2D eigenvalue weighted by molar-refractivity contribution is -0.135. The van der Waals surface area contributed by atoms with Crippen LogP contribution in [0.1, 0.15) is 49.6 Å². The van der Waals surface area contributed by atoms with Crippen molar-refractivity contribution in [3.8, 4) is 0 Å². The molecule has 0 spiro atoms. The number of likely N-dealkylation sites (tertiary alicyclic amines) is 1. The molecule has 0 saturated carbocycles. The molecule has 2 unspecified atom stereocenters. The number of hydrogen-bond donors (Lipinski definition) is 1. The molecule has 23 heavy (non-hydrogen) atoms. The summed E-state index contributed by atoms with van der Waals surface area (Å²) >= 11 is 0. The third-order valence-corrected chi connectivity index (χ3v) is 4.72. The lowest BCUT2D eigenvalue weighted by atomic mass is 9.96. The Hall–Kier alpha value is -0.780. The fourth-order valence-electron chi connectivity index (χ4n) is 3.37. The zero-order chi connectivity index (χ0) is 15.6. The van der Waals surface area contributed by atoms with Crippen molar-refractivity contribution in [2.24, 2.45) is 12.8 Å². The standard InChI is InChI=1S/C16H28N4O.2ClH/c1-11(17)15-7-5-6-10-20(15)16(21)9-8-14-12(2)18-19(4)13(14)3;;/h11,15H,5-10,17H2,1-4H3;2*1H. The monoisotopic (exact) mass is 364 g/mol. The van der Waals surface area contributed by atoms with Gasteiger partial charge in [-0.2, -0.15) is 5.10 Å². The molecule has 1 saturated heterocycles. The van der Waals surface area contributed by atoms with Crippen LogP contribution >= 0.6 is 24.8 Å². The van der Waals surface area contributed by atoms with E-state index < -0.39 is 0 Å². The van der Waals surface area contributed by atoms with E-state index in [9.17, 15) is 4.79 Å². The molecule has 0 bridgehead atoms. The molecule has 2 rings (SSSR count). The van der Waals surface area contributed by atoms with Crippen molar-refractivity contribution in [3.05, 3.63) is 17.0 Å². The third kappa shape index (κ3) is 5.10. The number of amides is 1. The molecule has 0 aromatic carbocycles. The summed E-state index contributed by atoms with van der Waals surface area (Å²) in [5.41, 5.74) is 9.44. The van der Waals surface area contributed by atoms with E-state index in [-0.39, 0.29) is 42.8 Å². The summed E-state index contributed by atoms with van der Waals surface area (Å²) in [6, 6.07) is 0.262. The van der Waals surface area contributed by atoms with E-state index in [1.807, 2.05) is 30.5 Å². The zero-order valence-corrected chi connectivity index (χ0v) is 16.2. The first-order valence-electron chi connectivity index (χ1n) is 7.96. The maximum atomic E-state index is 12.6. The van der Waals surface area contributed by atoms with Crippen LogP contribution in [0, 0.1) is 13.8 Å². The molecular formula is C16H30Cl2N4O. The largest absolute Gasteiger partial charge is 0.338 e. The summed E-state index contributed by atoms with van der Waals surface area (Å²) in [5.74, 6) is 0.236. The predicted octanol–water partition coefficient (Wildman–Crippen LogP) is 2.54. The Kier molecular flexibility index (Phi) is 9.18. The second-order valence-corrected chi connectivity index (χ2v) is 6.28. The third-order valence-electron chi connectivity index (χ3n) is 4.72. The van der Waals surface area contributed by atoms with Crippen LogP contribution in [0.5, 0.6) is 0 Å². The minimum atomic E-state index is 0. The van der Waals surface area contributed by atoms with E-state index in [2.05, 4.69) is 12.0 Å². The second kappa shape index (κ2) is 9.50. The van der Waals surface area contributed by atoms with Crippen molar-refractivity contribution < 1.29 is 4.79 Å². The molecule has 1 amide bonds. The van der Waals surface area contributed by atoms with Crippen molar-refractivity contribution in [2.75, 3.05) is 6.54 Å². The molecule has 1 aromatic rings. The minimum Gasteiger partial charge on any atom is -0.338 e. The SMILES string of the molecule is Cc1nn(C)c(C)c1CCC(=O)N1CCCCC1C(C)N.Cl.Cl. The van der Waals surface area contributed by atoms with Crippen LogP contribution in [0.4, 0.5) is 0 Å². The summed E-state index contributed by atoms with van der Waals surface area (Å²) in [6.45, 7) is 6.94. The van der Waals surface area contributed by atoms with Gasteiger partial charge < -0.3 is 10.6 Å². The smallest absolute Gasteiger partial charge is 0.223 e. The number of halogens is 2. The first-order chi connectivity index (χ1) is 9.91. The van der Waals surface area contributed by atoms with Crippen molar-refractivity contribution in [1.82, 2.24) is 14.7 Å². The molecule has 0 radical (unpaired) electrons. The van der Waals surface area contributed by atoms with Gasteiger partial charge >= 0.3 is 0 Å². The van der Waals surface area contributed by atoms with Crippen LogP contribution in [0.15, 0.2) is 0 Å².